The number of hydrogen-bond donors (Lipinski definition) is 1. The van der Waals surface area contributed by atoms with Gasteiger partial charge in [0.05, 0.1) is 0 Å². The molecule has 0 atom stereocenters. The van der Waals surface area contributed by atoms with Crippen LogP contribution in [0.25, 0.3) is 0 Å². The minimum atomic E-state index is -4.01. The fourth-order valence-corrected chi connectivity index (χ4v) is 3.05. The van der Waals surface area contributed by atoms with Crippen LogP contribution >= 0.6 is 0 Å². The maximum Gasteiger partial charge on any atom is 0.321 e. The second-order valence-corrected chi connectivity index (χ2v) is 6.34. The molecule has 24 heavy (non-hydrogen) atoms. The summed E-state index contributed by atoms with van der Waals surface area (Å²) in [6.45, 7) is 0. The molecule has 8 heteroatoms. The number of benzene rings is 2. The smallest absolute Gasteiger partial charge is 0.321 e. The van der Waals surface area contributed by atoms with Crippen molar-refractivity contribution in [1.29, 1.82) is 0 Å². The Morgan fingerprint density at radius 2 is 1.58 bits per heavy atom. The summed E-state index contributed by atoms with van der Waals surface area (Å²) in [6.07, 6.45) is 3.08. The van der Waals surface area contributed by atoms with Crippen LogP contribution in [0.4, 0.5) is 10.1 Å². The van der Waals surface area contributed by atoms with Gasteiger partial charge in [0, 0.05) is 18.1 Å². The molecule has 3 rings (SSSR count). The van der Waals surface area contributed by atoms with Crippen LogP contribution in [0.1, 0.15) is 0 Å². The first kappa shape index (κ1) is 15.9. The van der Waals surface area contributed by atoms with E-state index in [1.165, 1.54) is 30.3 Å². The maximum atomic E-state index is 13.6. The maximum absolute atomic E-state index is 13.6. The van der Waals surface area contributed by atoms with E-state index in [0.29, 0.717) is 5.75 Å². The Hall–Kier alpha value is -3.00. The van der Waals surface area contributed by atoms with E-state index in [1.807, 2.05) is 0 Å². The monoisotopic (exact) mass is 345 g/mol. The zero-order chi connectivity index (χ0) is 17.0. The van der Waals surface area contributed by atoms with Crippen molar-refractivity contribution in [2.24, 2.45) is 0 Å². The van der Waals surface area contributed by atoms with Gasteiger partial charge in [0.25, 0.3) is 10.0 Å². The van der Waals surface area contributed by atoms with Crippen LogP contribution in [-0.2, 0) is 10.0 Å². The Kier molecular flexibility index (Phi) is 4.39. The number of halogens is 1. The van der Waals surface area contributed by atoms with Crippen LogP contribution in [0.15, 0.2) is 71.9 Å². The van der Waals surface area contributed by atoms with Gasteiger partial charge >= 0.3 is 6.01 Å². The zero-order valence-corrected chi connectivity index (χ0v) is 13.1. The Bertz CT molecular complexity index is 932. The molecule has 2 aromatic carbocycles. The number of nitrogens with zero attached hydrogens (tertiary/aromatic N) is 2. The molecule has 6 nitrogen and oxygen atoms in total. The average Bonchev–Trinajstić information content (AvgIpc) is 2.58. The second kappa shape index (κ2) is 6.63. The first-order valence-electron chi connectivity index (χ1n) is 6.87. The van der Waals surface area contributed by atoms with Crippen molar-refractivity contribution in [2.75, 3.05) is 4.72 Å². The second-order valence-electron chi connectivity index (χ2n) is 4.69. The van der Waals surface area contributed by atoms with Crippen LogP contribution in [-0.4, -0.2) is 18.4 Å². The van der Waals surface area contributed by atoms with E-state index in [4.69, 9.17) is 4.74 Å². The SMILES string of the molecule is O=S(=O)(Nc1ccc(Oc2ncccn2)cc1)c1ccccc1F. The van der Waals surface area contributed by atoms with Crippen molar-refractivity contribution in [3.63, 3.8) is 0 Å². The molecular weight excluding hydrogens is 333 g/mol. The number of sulfonamides is 1. The summed E-state index contributed by atoms with van der Waals surface area (Å²) < 4.78 is 45.8. The highest BCUT2D eigenvalue weighted by Crippen LogP contribution is 2.22. The lowest BCUT2D eigenvalue weighted by molar-refractivity contribution is 0.442. The van der Waals surface area contributed by atoms with Crippen LogP contribution in [0.5, 0.6) is 11.8 Å². The van der Waals surface area contributed by atoms with Gasteiger partial charge in [-0.25, -0.2) is 22.8 Å². The van der Waals surface area contributed by atoms with E-state index in [0.717, 1.165) is 6.07 Å². The molecule has 0 amide bonds. The Balaban J connectivity index is 1.76. The molecule has 0 aliphatic carbocycles. The number of anilines is 1. The summed E-state index contributed by atoms with van der Waals surface area (Å²) in [5.74, 6) is -0.374. The third-order valence-corrected chi connectivity index (χ3v) is 4.40. The summed E-state index contributed by atoms with van der Waals surface area (Å²) in [5.41, 5.74) is 0.277. The van der Waals surface area contributed by atoms with E-state index in [9.17, 15) is 12.8 Å². The van der Waals surface area contributed by atoms with Crippen LogP contribution in [0, 0.1) is 5.82 Å². The van der Waals surface area contributed by atoms with Crippen LogP contribution < -0.4 is 9.46 Å². The van der Waals surface area contributed by atoms with Crippen molar-refractivity contribution in [3.05, 3.63) is 72.8 Å². The largest absolute Gasteiger partial charge is 0.424 e. The molecule has 0 unspecified atom stereocenters. The minimum absolute atomic E-state index is 0.178. The van der Waals surface area contributed by atoms with Gasteiger partial charge in [-0.3, -0.25) is 4.72 Å². The zero-order valence-electron chi connectivity index (χ0n) is 12.3. The van der Waals surface area contributed by atoms with Gasteiger partial charge < -0.3 is 4.74 Å². The van der Waals surface area contributed by atoms with Crippen molar-refractivity contribution >= 4 is 15.7 Å². The topological polar surface area (TPSA) is 81.2 Å². The predicted octanol–water partition coefficient (Wildman–Crippen LogP) is 3.21. The van der Waals surface area contributed by atoms with E-state index < -0.39 is 20.7 Å². The molecule has 0 fully saturated rings. The number of aromatic nitrogens is 2. The molecule has 3 aromatic rings. The first-order valence-corrected chi connectivity index (χ1v) is 8.35. The van der Waals surface area contributed by atoms with Gasteiger partial charge in [0.1, 0.15) is 16.5 Å². The van der Waals surface area contributed by atoms with E-state index in [2.05, 4.69) is 14.7 Å². The summed E-state index contributed by atoms with van der Waals surface area (Å²) >= 11 is 0. The number of ether oxygens (including phenoxy) is 1. The van der Waals surface area contributed by atoms with Crippen molar-refractivity contribution < 1.29 is 17.5 Å². The highest BCUT2D eigenvalue weighted by Gasteiger charge is 2.18. The minimum Gasteiger partial charge on any atom is -0.424 e. The molecule has 1 N–H and O–H groups in total. The van der Waals surface area contributed by atoms with Crippen LogP contribution in [0.2, 0.25) is 0 Å². The van der Waals surface area contributed by atoms with Gasteiger partial charge in [0.2, 0.25) is 0 Å². The number of rotatable bonds is 5. The third-order valence-electron chi connectivity index (χ3n) is 2.98. The fourth-order valence-electron chi connectivity index (χ4n) is 1.91. The molecule has 0 aliphatic heterocycles. The lowest BCUT2D eigenvalue weighted by Crippen LogP contribution is -2.14. The normalized spacial score (nSPS) is 11.0. The van der Waals surface area contributed by atoms with Gasteiger partial charge in [0.15, 0.2) is 0 Å². The lowest BCUT2D eigenvalue weighted by atomic mass is 10.3. The molecule has 122 valence electrons. The fraction of sp³-hybridized carbons (Fsp3) is 0. The number of nitrogens with one attached hydrogen (secondary N) is 1. The first-order chi connectivity index (χ1) is 11.5. The Labute approximate surface area is 138 Å². The van der Waals surface area contributed by atoms with E-state index in [-0.39, 0.29) is 11.7 Å². The lowest BCUT2D eigenvalue weighted by Gasteiger charge is -2.09. The van der Waals surface area contributed by atoms with E-state index >= 15 is 0 Å². The summed E-state index contributed by atoms with van der Waals surface area (Å²) in [4.78, 5) is 7.42. The van der Waals surface area contributed by atoms with Crippen molar-refractivity contribution in [3.8, 4) is 11.8 Å². The molecule has 0 aliphatic rings. The summed E-state index contributed by atoms with van der Waals surface area (Å²) in [6, 6.07) is 13.1. The number of hydrogen-bond acceptors (Lipinski definition) is 5. The highest BCUT2D eigenvalue weighted by atomic mass is 32.2. The van der Waals surface area contributed by atoms with Crippen LogP contribution in [0.3, 0.4) is 0 Å². The molecule has 1 aromatic heterocycles. The average molecular weight is 345 g/mol. The summed E-state index contributed by atoms with van der Waals surface area (Å²) in [5, 5.41) is 0. The Morgan fingerprint density at radius 1 is 0.917 bits per heavy atom. The third kappa shape index (κ3) is 3.66. The van der Waals surface area contributed by atoms with E-state index in [1.54, 1.807) is 30.6 Å². The molecule has 0 spiro atoms. The van der Waals surface area contributed by atoms with Crippen molar-refractivity contribution in [1.82, 2.24) is 9.97 Å². The molecule has 0 saturated heterocycles. The molecule has 0 bridgehead atoms. The van der Waals surface area contributed by atoms with Crippen molar-refractivity contribution in [2.45, 2.75) is 4.90 Å². The Morgan fingerprint density at radius 3 is 2.25 bits per heavy atom. The van der Waals surface area contributed by atoms with Gasteiger partial charge in [-0.2, -0.15) is 0 Å². The standard InChI is InChI=1S/C16H12FN3O3S/c17-14-4-1-2-5-15(14)24(21,22)20-12-6-8-13(9-7-12)23-16-18-10-3-11-19-16/h1-11,20H. The highest BCUT2D eigenvalue weighted by molar-refractivity contribution is 7.92. The molecule has 0 saturated carbocycles. The quantitative estimate of drug-likeness (QED) is 0.768. The van der Waals surface area contributed by atoms with Gasteiger partial charge in [-0.15, -0.1) is 0 Å². The molecule has 0 radical (unpaired) electrons. The predicted molar refractivity (Wildman–Crippen MR) is 85.8 cm³/mol. The van der Waals surface area contributed by atoms with Gasteiger partial charge in [-0.1, -0.05) is 12.1 Å². The molecular formula is C16H12FN3O3S. The molecule has 1 heterocycles. The summed E-state index contributed by atoms with van der Waals surface area (Å²) in [7, 11) is -4.01. The van der Waals surface area contributed by atoms with Gasteiger partial charge in [-0.05, 0) is 42.5 Å².